The summed E-state index contributed by atoms with van der Waals surface area (Å²) in [6.45, 7) is 24.7. The SMILES string of the molecule is Brc1ccc2c(c1)C1(c3ccccc3S2)c2ccccc2-c2ccccc21.CC1(C)OB(B2OC(C)(C)C(C)(C)O2)OC1(C)C.CC1(C)OB(c2ccc3c(c2)C2(c4ccccc4S3)c3ccccc3-c3ccccc32)OC1(C)C. The molecule has 6 nitrogen and oxygen atoms in total. The maximum Gasteiger partial charge on any atom is 0.494 e. The third-order valence-electron chi connectivity index (χ3n) is 19.0. The Labute approximate surface area is 491 Å². The Bertz CT molecular complexity index is 3630. The second kappa shape index (κ2) is 19.0. The average Bonchev–Trinajstić information content (AvgIpc) is 4.12. The van der Waals surface area contributed by atoms with Gasteiger partial charge in [0.15, 0.2) is 0 Å². The molecule has 3 fully saturated rings. The van der Waals surface area contributed by atoms with E-state index in [9.17, 15) is 0 Å². The Hall–Kier alpha value is -5.11. The highest BCUT2D eigenvalue weighted by atomic mass is 79.9. The van der Waals surface area contributed by atoms with E-state index in [4.69, 9.17) is 27.9 Å². The van der Waals surface area contributed by atoms with Crippen molar-refractivity contribution < 1.29 is 27.9 Å². The topological polar surface area (TPSA) is 55.4 Å². The predicted molar refractivity (Wildman–Crippen MR) is 331 cm³/mol. The van der Waals surface area contributed by atoms with Gasteiger partial charge in [0.25, 0.3) is 0 Å². The molecular formula is C68H66B3BrO6S2. The zero-order valence-electron chi connectivity index (χ0n) is 47.7. The summed E-state index contributed by atoms with van der Waals surface area (Å²) < 4.78 is 37.9. The molecule has 80 heavy (non-hydrogen) atoms. The van der Waals surface area contributed by atoms with Gasteiger partial charge in [-0.15, -0.1) is 0 Å². The first kappa shape index (κ1) is 54.2. The molecule has 2 aliphatic carbocycles. The van der Waals surface area contributed by atoms with Crippen LogP contribution in [0.1, 0.15) is 128 Å². The molecule has 0 bridgehead atoms. The van der Waals surface area contributed by atoms with Gasteiger partial charge in [0.05, 0.1) is 44.4 Å². The highest BCUT2D eigenvalue weighted by Gasteiger charge is 2.64. The highest BCUT2D eigenvalue weighted by molar-refractivity contribution is 9.10. The van der Waals surface area contributed by atoms with Crippen LogP contribution >= 0.6 is 39.5 Å². The third-order valence-corrected chi connectivity index (χ3v) is 21.8. The van der Waals surface area contributed by atoms with Crippen LogP contribution in [0.25, 0.3) is 22.3 Å². The van der Waals surface area contributed by atoms with E-state index in [0.29, 0.717) is 0 Å². The second-order valence-corrected chi connectivity index (χ2v) is 28.2. The van der Waals surface area contributed by atoms with Crippen molar-refractivity contribution >= 4 is 66.1 Å². The van der Waals surface area contributed by atoms with Crippen molar-refractivity contribution in [3.05, 3.63) is 231 Å². The van der Waals surface area contributed by atoms with Crippen LogP contribution in [0, 0.1) is 0 Å². The maximum atomic E-state index is 6.47. The molecule has 0 unspecified atom stereocenters. The van der Waals surface area contributed by atoms with E-state index >= 15 is 0 Å². The van der Waals surface area contributed by atoms with Crippen LogP contribution in [0.3, 0.4) is 0 Å². The van der Waals surface area contributed by atoms with E-state index in [2.05, 4.69) is 226 Å². The van der Waals surface area contributed by atoms with Gasteiger partial charge in [-0.3, -0.25) is 0 Å². The van der Waals surface area contributed by atoms with Crippen LogP contribution in [0.4, 0.5) is 0 Å². The number of hydrogen-bond acceptors (Lipinski definition) is 8. The van der Waals surface area contributed by atoms with Gasteiger partial charge in [-0.05, 0) is 192 Å². The normalized spacial score (nSPS) is 20.9. The summed E-state index contributed by atoms with van der Waals surface area (Å²) in [4.78, 5) is 5.28. The van der Waals surface area contributed by atoms with Crippen molar-refractivity contribution in [3.63, 3.8) is 0 Å². The second-order valence-electron chi connectivity index (χ2n) is 25.1. The summed E-state index contributed by atoms with van der Waals surface area (Å²) in [6, 6.07) is 66.9. The fourth-order valence-corrected chi connectivity index (χ4v) is 15.5. The van der Waals surface area contributed by atoms with E-state index in [1.165, 1.54) is 86.3 Å². The van der Waals surface area contributed by atoms with Gasteiger partial charge in [0.2, 0.25) is 0 Å². The van der Waals surface area contributed by atoms with Crippen molar-refractivity contribution in [2.45, 2.75) is 147 Å². The molecule has 12 heteroatoms. The molecular weight excluding hydrogens is 1090 g/mol. The van der Waals surface area contributed by atoms with Crippen LogP contribution in [-0.4, -0.2) is 54.7 Å². The minimum absolute atomic E-state index is 0.256. The molecule has 8 aromatic rings. The van der Waals surface area contributed by atoms with Crippen LogP contribution < -0.4 is 5.46 Å². The van der Waals surface area contributed by atoms with Crippen LogP contribution in [-0.2, 0) is 38.8 Å². The number of hydrogen-bond donors (Lipinski definition) is 0. The van der Waals surface area contributed by atoms with E-state index in [-0.39, 0.29) is 44.4 Å². The van der Waals surface area contributed by atoms with Crippen molar-refractivity contribution in [2.75, 3.05) is 0 Å². The van der Waals surface area contributed by atoms with E-state index in [0.717, 1.165) is 9.94 Å². The molecule has 402 valence electrons. The standard InChI is InChI=1S/C31H27BO2S.C25H15BrS.C12H24B2O4/c1-29(2)30(3,4)34-32(33-29)20-17-18-28-26(19-20)31(25-15-9-10-16-27(25)35-28)23-13-7-5-11-21(23)22-12-6-8-14-24(22)31;26-16-13-14-24-22(15-16)25(21-11-5-6-12-23(21)27-24)19-9-3-1-7-17(19)18-8-2-4-10-20(18)25;1-9(2)10(3,4)16-13(15-9)14-17-11(5,6)12(7,8)18-14/h5-19H,1-4H3;1-15H;1-8H3. The van der Waals surface area contributed by atoms with Crippen LogP contribution in [0.2, 0.25) is 0 Å². The summed E-state index contributed by atoms with van der Waals surface area (Å²) in [5, 5.41) is 0. The molecule has 0 radical (unpaired) electrons. The maximum absolute atomic E-state index is 6.47. The first-order chi connectivity index (χ1) is 38.0. The first-order valence-corrected chi connectivity index (χ1v) is 30.4. The molecule has 2 spiro atoms. The molecule has 3 saturated heterocycles. The number of rotatable bonds is 2. The Balaban J connectivity index is 0.000000120. The van der Waals surface area contributed by atoms with Crippen molar-refractivity contribution in [1.82, 2.24) is 0 Å². The summed E-state index contributed by atoms with van der Waals surface area (Å²) in [5.74, 6) is 0. The van der Waals surface area contributed by atoms with Gasteiger partial charge in [-0.2, -0.15) is 0 Å². The Kier molecular flexibility index (Phi) is 12.8. The fourth-order valence-electron chi connectivity index (χ4n) is 12.8. The number of halogens is 1. The summed E-state index contributed by atoms with van der Waals surface area (Å²) in [6.07, 6.45) is 0. The van der Waals surface area contributed by atoms with E-state index in [1.807, 2.05) is 78.9 Å². The molecule has 15 rings (SSSR count). The van der Waals surface area contributed by atoms with Crippen molar-refractivity contribution in [1.29, 1.82) is 0 Å². The molecule has 0 amide bonds. The quantitative estimate of drug-likeness (QED) is 0.159. The lowest BCUT2D eigenvalue weighted by atomic mass is 9.49. The lowest BCUT2D eigenvalue weighted by Gasteiger charge is -2.40. The largest absolute Gasteiger partial charge is 0.494 e. The number of benzene rings is 8. The zero-order valence-corrected chi connectivity index (χ0v) is 50.9. The molecule has 0 saturated carbocycles. The molecule has 5 heterocycles. The van der Waals surface area contributed by atoms with Gasteiger partial charge in [0, 0.05) is 24.1 Å². The summed E-state index contributed by atoms with van der Waals surface area (Å²) in [5.41, 5.74) is 14.5. The first-order valence-electron chi connectivity index (χ1n) is 28.0. The molecule has 8 aromatic carbocycles. The molecule has 0 aromatic heterocycles. The van der Waals surface area contributed by atoms with Gasteiger partial charge in [-0.25, -0.2) is 0 Å². The van der Waals surface area contributed by atoms with Gasteiger partial charge in [-0.1, -0.05) is 185 Å². The monoisotopic (exact) mass is 1150 g/mol. The van der Waals surface area contributed by atoms with Gasteiger partial charge < -0.3 is 27.9 Å². The molecule has 7 aliphatic rings. The van der Waals surface area contributed by atoms with Gasteiger partial charge in [0.1, 0.15) is 0 Å². The van der Waals surface area contributed by atoms with E-state index in [1.54, 1.807) is 0 Å². The minimum atomic E-state index is -0.476. The Morgan fingerprint density at radius 1 is 0.300 bits per heavy atom. The van der Waals surface area contributed by atoms with Crippen molar-refractivity contribution in [2.24, 2.45) is 0 Å². The molecule has 5 aliphatic heterocycles. The smallest absolute Gasteiger partial charge is 0.405 e. The Morgan fingerprint density at radius 3 is 0.963 bits per heavy atom. The lowest BCUT2D eigenvalue weighted by molar-refractivity contribution is 0.00578. The summed E-state index contributed by atoms with van der Waals surface area (Å²) >= 11 is 7.47. The minimum Gasteiger partial charge on any atom is -0.405 e. The molecule has 0 atom stereocenters. The zero-order chi connectivity index (χ0) is 56.0. The van der Waals surface area contributed by atoms with Crippen molar-refractivity contribution in [3.8, 4) is 22.3 Å². The molecule has 0 N–H and O–H groups in total. The predicted octanol–water partition coefficient (Wildman–Crippen LogP) is 16.3. The summed E-state index contributed by atoms with van der Waals surface area (Å²) in [7, 11) is -1.34. The highest BCUT2D eigenvalue weighted by Crippen LogP contribution is 2.64. The van der Waals surface area contributed by atoms with Gasteiger partial charge >= 0.3 is 21.1 Å². The number of fused-ring (bicyclic) bond motifs is 18. The van der Waals surface area contributed by atoms with Crippen LogP contribution in [0.15, 0.2) is 206 Å². The average molecular weight is 1160 g/mol. The fraction of sp³-hybridized carbons (Fsp3) is 0.294. The van der Waals surface area contributed by atoms with Crippen LogP contribution in [0.5, 0.6) is 0 Å². The third kappa shape index (κ3) is 8.08. The van der Waals surface area contributed by atoms with E-state index < -0.39 is 21.1 Å². The Morgan fingerprint density at radius 2 is 0.588 bits per heavy atom. The lowest BCUT2D eigenvalue weighted by Crippen LogP contribution is -2.41.